The molecule has 2 aromatic rings. The van der Waals surface area contributed by atoms with Crippen LogP contribution in [0.15, 0.2) is 16.5 Å². The van der Waals surface area contributed by atoms with Gasteiger partial charge in [-0.3, -0.25) is 4.79 Å². The molecule has 2 aliphatic rings. The van der Waals surface area contributed by atoms with E-state index in [-0.39, 0.29) is 30.4 Å². The number of anilines is 2. The third-order valence-electron chi connectivity index (χ3n) is 6.30. The van der Waals surface area contributed by atoms with Crippen molar-refractivity contribution >= 4 is 23.9 Å². The third-order valence-corrected chi connectivity index (χ3v) is 6.30. The van der Waals surface area contributed by atoms with Crippen LogP contribution in [0.3, 0.4) is 0 Å². The van der Waals surface area contributed by atoms with E-state index < -0.39 is 17.6 Å². The number of nitrogens with one attached hydrogen (secondary N) is 2. The number of halogens is 2. The average Bonchev–Trinajstić information content (AvgIpc) is 3.48. The van der Waals surface area contributed by atoms with Gasteiger partial charge in [0.05, 0.1) is 6.04 Å². The maximum absolute atomic E-state index is 14.7. The number of amides is 1. The first kappa shape index (κ1) is 23.1. The van der Waals surface area contributed by atoms with Crippen molar-refractivity contribution in [2.75, 3.05) is 30.4 Å². The van der Waals surface area contributed by atoms with Gasteiger partial charge in [0.25, 0.3) is 0 Å². The normalized spacial score (nSPS) is 16.9. The number of hydrogen-bond acceptors (Lipinski definition) is 7. The first-order valence-electron chi connectivity index (χ1n) is 11.5. The van der Waals surface area contributed by atoms with E-state index in [1.54, 1.807) is 0 Å². The van der Waals surface area contributed by atoms with Gasteiger partial charge in [0.15, 0.2) is 0 Å². The third kappa shape index (κ3) is 5.85. The van der Waals surface area contributed by atoms with E-state index in [4.69, 9.17) is 4.42 Å². The largest absolute Gasteiger partial charge is 0.408 e. The smallest absolute Gasteiger partial charge is 0.315 e. The van der Waals surface area contributed by atoms with Gasteiger partial charge in [0, 0.05) is 50.1 Å². The molecular formula is C23H29F2N5O3. The van der Waals surface area contributed by atoms with Gasteiger partial charge >= 0.3 is 6.01 Å². The number of rotatable bonds is 12. The Morgan fingerprint density at radius 1 is 1.27 bits per heavy atom. The van der Waals surface area contributed by atoms with Crippen molar-refractivity contribution in [1.82, 2.24) is 15.5 Å². The number of aromatic nitrogens is 2. The Bertz CT molecular complexity index is 965. The Balaban J connectivity index is 1.29. The lowest BCUT2D eigenvalue weighted by molar-refractivity contribution is -0.120. The molecule has 8 nitrogen and oxygen atoms in total. The van der Waals surface area contributed by atoms with Crippen molar-refractivity contribution in [3.05, 3.63) is 35.2 Å². The van der Waals surface area contributed by atoms with Crippen molar-refractivity contribution in [2.45, 2.75) is 56.9 Å². The first-order chi connectivity index (χ1) is 16.0. The maximum Gasteiger partial charge on any atom is 0.315 e. The minimum Gasteiger partial charge on any atom is -0.408 e. The lowest BCUT2D eigenvalue weighted by atomic mass is 9.93. The van der Waals surface area contributed by atoms with Crippen LogP contribution in [0, 0.1) is 17.6 Å². The minimum atomic E-state index is -1.02. The SMILES string of the molecule is CNC(=O)CCC(C=O)c1c(F)cc(N2CC(Nc3nnc(CCCC4CC4)o3)C2)cc1F. The number of aryl methyl sites for hydroxylation is 1. The van der Waals surface area contributed by atoms with Gasteiger partial charge in [-0.25, -0.2) is 8.78 Å². The van der Waals surface area contributed by atoms with E-state index in [2.05, 4.69) is 20.8 Å². The van der Waals surface area contributed by atoms with Crippen molar-refractivity contribution in [3.63, 3.8) is 0 Å². The highest BCUT2D eigenvalue weighted by Crippen LogP contribution is 2.34. The van der Waals surface area contributed by atoms with Crippen molar-refractivity contribution in [1.29, 1.82) is 0 Å². The van der Waals surface area contributed by atoms with Gasteiger partial charge in [-0.1, -0.05) is 17.9 Å². The molecule has 1 aromatic heterocycles. The molecule has 2 heterocycles. The zero-order valence-electron chi connectivity index (χ0n) is 18.7. The fourth-order valence-electron chi connectivity index (χ4n) is 4.12. The molecule has 1 atom stereocenters. The van der Waals surface area contributed by atoms with Gasteiger partial charge in [0.1, 0.15) is 17.9 Å². The highest BCUT2D eigenvalue weighted by molar-refractivity contribution is 5.76. The second-order valence-corrected chi connectivity index (χ2v) is 8.86. The van der Waals surface area contributed by atoms with Crippen LogP contribution in [0.2, 0.25) is 0 Å². The van der Waals surface area contributed by atoms with Gasteiger partial charge in [0.2, 0.25) is 11.8 Å². The summed E-state index contributed by atoms with van der Waals surface area (Å²) in [5.74, 6) is -1.38. The molecule has 0 radical (unpaired) electrons. The van der Waals surface area contributed by atoms with Gasteiger partial charge < -0.3 is 24.7 Å². The number of carbonyl (C=O) groups is 2. The summed E-state index contributed by atoms with van der Waals surface area (Å²) in [6.07, 6.45) is 6.23. The minimum absolute atomic E-state index is 0.0118. The molecule has 1 unspecified atom stereocenters. The summed E-state index contributed by atoms with van der Waals surface area (Å²) in [4.78, 5) is 24.6. The molecule has 1 saturated heterocycles. The summed E-state index contributed by atoms with van der Waals surface area (Å²) in [5, 5.41) is 13.7. The van der Waals surface area contributed by atoms with Crippen LogP contribution in [-0.2, 0) is 16.0 Å². The van der Waals surface area contributed by atoms with E-state index >= 15 is 0 Å². The van der Waals surface area contributed by atoms with E-state index in [0.29, 0.717) is 37.0 Å². The van der Waals surface area contributed by atoms with E-state index in [0.717, 1.165) is 18.8 Å². The topological polar surface area (TPSA) is 100 Å². The summed E-state index contributed by atoms with van der Waals surface area (Å²) in [6.45, 7) is 1.04. The number of hydrogen-bond donors (Lipinski definition) is 2. The summed E-state index contributed by atoms with van der Waals surface area (Å²) in [7, 11) is 1.47. The molecule has 33 heavy (non-hydrogen) atoms. The monoisotopic (exact) mass is 461 g/mol. The molecule has 1 aliphatic carbocycles. The number of aldehydes is 1. The van der Waals surface area contributed by atoms with Gasteiger partial charge in [-0.2, -0.15) is 0 Å². The van der Waals surface area contributed by atoms with Crippen molar-refractivity contribution in [2.24, 2.45) is 5.92 Å². The fraction of sp³-hybridized carbons (Fsp3) is 0.565. The Labute approximate surface area is 191 Å². The van der Waals surface area contributed by atoms with Gasteiger partial charge in [-0.15, -0.1) is 5.10 Å². The van der Waals surface area contributed by atoms with Crippen molar-refractivity contribution < 1.29 is 22.8 Å². The summed E-state index contributed by atoms with van der Waals surface area (Å²) in [5.41, 5.74) is 0.0990. The molecule has 1 aliphatic heterocycles. The Hall–Kier alpha value is -3.04. The summed E-state index contributed by atoms with van der Waals surface area (Å²) < 4.78 is 35.0. The van der Waals surface area contributed by atoms with Gasteiger partial charge in [-0.05, 0) is 37.3 Å². The highest BCUT2D eigenvalue weighted by Gasteiger charge is 2.30. The molecule has 2 N–H and O–H groups in total. The highest BCUT2D eigenvalue weighted by atomic mass is 19.1. The number of carbonyl (C=O) groups excluding carboxylic acids is 2. The quantitative estimate of drug-likeness (QED) is 0.468. The molecule has 2 fully saturated rings. The number of benzene rings is 1. The summed E-state index contributed by atoms with van der Waals surface area (Å²) in [6, 6.07) is 2.84. The Morgan fingerprint density at radius 2 is 2.00 bits per heavy atom. The van der Waals surface area contributed by atoms with Crippen LogP contribution in [0.1, 0.15) is 55.9 Å². The molecule has 1 amide bonds. The van der Waals surface area contributed by atoms with Crippen LogP contribution >= 0.6 is 0 Å². The molecule has 0 bridgehead atoms. The Kier molecular flexibility index (Phi) is 7.20. The molecule has 0 spiro atoms. The average molecular weight is 462 g/mol. The zero-order valence-corrected chi connectivity index (χ0v) is 18.7. The van der Waals surface area contributed by atoms with Crippen molar-refractivity contribution in [3.8, 4) is 0 Å². The standard InChI is InChI=1S/C23H29F2N5O3/c1-26-20(32)8-7-15(13-31)22-18(24)9-17(10-19(22)25)30-11-16(12-30)27-23-29-28-21(33-23)4-2-3-14-5-6-14/h9-10,13-16H,2-8,11-12H2,1H3,(H,26,32)(H,27,29). The lowest BCUT2D eigenvalue weighted by Crippen LogP contribution is -2.55. The molecular weight excluding hydrogens is 432 g/mol. The van der Waals surface area contributed by atoms with E-state index in [1.165, 1.54) is 38.4 Å². The molecule has 1 aromatic carbocycles. The molecule has 178 valence electrons. The van der Waals surface area contributed by atoms with Crippen LogP contribution in [0.5, 0.6) is 0 Å². The predicted octanol–water partition coefficient (Wildman–Crippen LogP) is 3.19. The van der Waals surface area contributed by atoms with Crippen LogP contribution in [0.25, 0.3) is 0 Å². The second-order valence-electron chi connectivity index (χ2n) is 8.86. The molecule has 10 heteroatoms. The predicted molar refractivity (Wildman–Crippen MR) is 118 cm³/mol. The van der Waals surface area contributed by atoms with Crippen LogP contribution in [-0.4, -0.2) is 48.6 Å². The van der Waals surface area contributed by atoms with E-state index in [1.807, 2.05) is 4.90 Å². The molecule has 4 rings (SSSR count). The van der Waals surface area contributed by atoms with E-state index in [9.17, 15) is 18.4 Å². The Morgan fingerprint density at radius 3 is 2.64 bits per heavy atom. The lowest BCUT2D eigenvalue weighted by Gasteiger charge is -2.41. The van der Waals surface area contributed by atoms with Crippen LogP contribution < -0.4 is 15.5 Å². The second kappa shape index (κ2) is 10.3. The fourth-order valence-corrected chi connectivity index (χ4v) is 4.12. The zero-order chi connectivity index (χ0) is 23.4. The molecule has 1 saturated carbocycles. The summed E-state index contributed by atoms with van der Waals surface area (Å²) >= 11 is 0. The first-order valence-corrected chi connectivity index (χ1v) is 11.5. The maximum atomic E-state index is 14.7. The van der Waals surface area contributed by atoms with Crippen LogP contribution in [0.4, 0.5) is 20.5 Å². The number of nitrogens with zero attached hydrogens (tertiary/aromatic N) is 3.